The first-order chi connectivity index (χ1) is 21.1. The SMILES string of the molecule is COc1cc2cc(c1Cl)N(C)C(=O)C[C@H](OC(=O)CN(C)C)[C@]1(C)OC1[C@H](C)[C@@H]1C[C@@](O)(NC(=O)O1)[C@H](OC)/C=C/C=C(\C)C2. The Morgan fingerprint density at radius 1 is 1.27 bits per heavy atom. The van der Waals surface area contributed by atoms with Gasteiger partial charge in [-0.05, 0) is 52.1 Å². The molecule has 4 rings (SSSR count). The van der Waals surface area contributed by atoms with Gasteiger partial charge in [0.05, 0.1) is 31.9 Å². The predicted molar refractivity (Wildman–Crippen MR) is 167 cm³/mol. The molecule has 0 radical (unpaired) electrons. The van der Waals surface area contributed by atoms with Gasteiger partial charge >= 0.3 is 12.1 Å². The van der Waals surface area contributed by atoms with Crippen molar-refractivity contribution >= 4 is 35.3 Å². The molecule has 13 heteroatoms. The number of benzene rings is 1. The number of halogens is 1. The molecule has 3 aliphatic heterocycles. The number of carbonyl (C=O) groups excluding carboxylic acids is 3. The summed E-state index contributed by atoms with van der Waals surface area (Å²) in [5, 5.41) is 14.4. The summed E-state index contributed by atoms with van der Waals surface area (Å²) in [6.07, 6.45) is 1.58. The van der Waals surface area contributed by atoms with Crippen molar-refractivity contribution in [1.29, 1.82) is 0 Å². The Bertz CT molecular complexity index is 1370. The molecule has 0 aromatic heterocycles. The van der Waals surface area contributed by atoms with Crippen molar-refractivity contribution < 1.29 is 43.2 Å². The fraction of sp³-hybridized carbons (Fsp3) is 0.594. The van der Waals surface area contributed by atoms with Gasteiger partial charge in [0, 0.05) is 26.5 Å². The number of carbonyl (C=O) groups is 3. The van der Waals surface area contributed by atoms with Crippen LogP contribution in [0, 0.1) is 5.92 Å². The molecule has 2 amide bonds. The largest absolute Gasteiger partial charge is 0.495 e. The first-order valence-electron chi connectivity index (χ1n) is 14.8. The van der Waals surface area contributed by atoms with Crippen LogP contribution in [0.4, 0.5) is 10.5 Å². The Hall–Kier alpha value is -3.16. The number of nitrogens with zero attached hydrogens (tertiary/aromatic N) is 2. The number of esters is 1. The maximum absolute atomic E-state index is 13.8. The second-order valence-electron chi connectivity index (χ2n) is 12.5. The zero-order valence-electron chi connectivity index (χ0n) is 27.1. The van der Waals surface area contributed by atoms with Gasteiger partial charge in [-0.3, -0.25) is 19.8 Å². The minimum absolute atomic E-state index is 0.000362. The number of fused-ring (bicyclic) bond motifs is 5. The highest BCUT2D eigenvalue weighted by Crippen LogP contribution is 2.49. The predicted octanol–water partition coefficient (Wildman–Crippen LogP) is 3.23. The molecule has 0 aliphatic carbocycles. The van der Waals surface area contributed by atoms with Gasteiger partial charge in [0.1, 0.15) is 34.7 Å². The summed E-state index contributed by atoms with van der Waals surface area (Å²) in [7, 11) is 8.03. The topological polar surface area (TPSA) is 139 Å². The first kappa shape index (κ1) is 34.7. The maximum atomic E-state index is 13.8. The molecule has 12 nitrogen and oxygen atoms in total. The highest BCUT2D eigenvalue weighted by Gasteiger charge is 2.64. The number of hydrogen-bond donors (Lipinski definition) is 2. The maximum Gasteiger partial charge on any atom is 0.409 e. The molecule has 3 aliphatic rings. The highest BCUT2D eigenvalue weighted by molar-refractivity contribution is 6.35. The molecule has 1 aromatic rings. The van der Waals surface area contributed by atoms with Gasteiger partial charge in [-0.2, -0.15) is 0 Å². The number of likely N-dealkylation sites (N-methyl/N-ethyl adjacent to an activating group) is 1. The molecule has 1 unspecified atom stereocenters. The molecule has 2 saturated heterocycles. The Balaban J connectivity index is 1.79. The van der Waals surface area contributed by atoms with Gasteiger partial charge in [-0.1, -0.05) is 42.3 Å². The van der Waals surface area contributed by atoms with E-state index in [4.69, 9.17) is 35.3 Å². The average molecular weight is 650 g/mol. The van der Waals surface area contributed by atoms with Gasteiger partial charge in [0.15, 0.2) is 5.72 Å². The molecule has 3 heterocycles. The summed E-state index contributed by atoms with van der Waals surface area (Å²) in [4.78, 5) is 42.5. The minimum atomic E-state index is -1.77. The fourth-order valence-electron chi connectivity index (χ4n) is 6.06. The molecule has 0 saturated carbocycles. The van der Waals surface area contributed by atoms with Gasteiger partial charge in [-0.15, -0.1) is 0 Å². The van der Waals surface area contributed by atoms with Crippen LogP contribution in [0.2, 0.25) is 5.02 Å². The molecule has 1 aromatic carbocycles. The summed E-state index contributed by atoms with van der Waals surface area (Å²) >= 11 is 6.69. The van der Waals surface area contributed by atoms with Crippen LogP contribution in [0.15, 0.2) is 35.9 Å². The molecule has 45 heavy (non-hydrogen) atoms. The molecular formula is C32H44ClN3O9. The van der Waals surface area contributed by atoms with Crippen molar-refractivity contribution in [1.82, 2.24) is 10.2 Å². The number of hydrogen-bond acceptors (Lipinski definition) is 10. The van der Waals surface area contributed by atoms with Crippen LogP contribution >= 0.6 is 11.6 Å². The van der Waals surface area contributed by atoms with E-state index in [2.05, 4.69) is 5.32 Å². The zero-order chi connectivity index (χ0) is 33.3. The lowest BCUT2D eigenvalue weighted by molar-refractivity contribution is -0.154. The van der Waals surface area contributed by atoms with Crippen LogP contribution in [0.25, 0.3) is 0 Å². The van der Waals surface area contributed by atoms with Crippen molar-refractivity contribution in [2.24, 2.45) is 5.92 Å². The van der Waals surface area contributed by atoms with Crippen LogP contribution in [0.1, 0.15) is 39.2 Å². The van der Waals surface area contributed by atoms with E-state index in [1.807, 2.05) is 32.1 Å². The normalized spacial score (nSPS) is 34.2. The summed E-state index contributed by atoms with van der Waals surface area (Å²) in [6, 6.07) is 3.63. The van der Waals surface area contributed by atoms with Crippen molar-refractivity contribution in [3.8, 4) is 5.75 Å². The first-order valence-corrected chi connectivity index (χ1v) is 15.2. The van der Waals surface area contributed by atoms with Crippen LogP contribution in [-0.2, 0) is 35.0 Å². The summed E-state index contributed by atoms with van der Waals surface area (Å²) in [5.74, 6) is -0.927. The number of allylic oxidation sites excluding steroid dienone is 3. The van der Waals surface area contributed by atoms with Gasteiger partial charge < -0.3 is 33.7 Å². The van der Waals surface area contributed by atoms with Gasteiger partial charge in [0.2, 0.25) is 5.91 Å². The molecule has 2 N–H and O–H groups in total. The third-order valence-corrected chi connectivity index (χ3v) is 9.05. The Kier molecular flexibility index (Phi) is 10.6. The standard InChI is InChI=1S/C32H44ClN3O9/c1-18-10-9-11-24(42-8)32(40)16-23(43-30(39)34-32)19(2)29-31(3,45-29)25(44-27(38)17-35(4)5)15-26(37)36(6)21-13-20(12-18)14-22(41-7)28(21)33/h9-11,13-14,19,23-25,29,40H,12,15-17H2,1-8H3,(H,34,39)/b11-9+,18-10+/t19-,23+,24-,25+,29?,31+,32+/m1/s1. The summed E-state index contributed by atoms with van der Waals surface area (Å²) < 4.78 is 28.8. The van der Waals surface area contributed by atoms with E-state index in [1.54, 1.807) is 45.1 Å². The van der Waals surface area contributed by atoms with E-state index >= 15 is 0 Å². The number of epoxide rings is 1. The summed E-state index contributed by atoms with van der Waals surface area (Å²) in [5.41, 5.74) is -0.620. The zero-order valence-corrected chi connectivity index (χ0v) is 27.8. The second-order valence-corrected chi connectivity index (χ2v) is 12.9. The molecular weight excluding hydrogens is 606 g/mol. The Morgan fingerprint density at radius 2 is 1.98 bits per heavy atom. The van der Waals surface area contributed by atoms with Crippen LogP contribution < -0.4 is 15.0 Å². The van der Waals surface area contributed by atoms with Crippen LogP contribution in [0.5, 0.6) is 5.75 Å². The number of ether oxygens (including phenoxy) is 5. The fourth-order valence-corrected chi connectivity index (χ4v) is 6.37. The van der Waals surface area contributed by atoms with Crippen molar-refractivity contribution in [3.05, 3.63) is 46.5 Å². The van der Waals surface area contributed by atoms with Crippen molar-refractivity contribution in [2.45, 2.75) is 75.8 Å². The number of alkyl carbamates (subject to hydrolysis) is 1. The molecule has 7 atom stereocenters. The lowest BCUT2D eigenvalue weighted by Gasteiger charge is -2.42. The number of amides is 2. The molecule has 2 fully saturated rings. The third kappa shape index (κ3) is 7.63. The van der Waals surface area contributed by atoms with E-state index in [0.717, 1.165) is 11.1 Å². The summed E-state index contributed by atoms with van der Waals surface area (Å²) in [6.45, 7) is 5.53. The number of nitrogens with one attached hydrogen (secondary N) is 1. The molecule has 0 spiro atoms. The smallest absolute Gasteiger partial charge is 0.409 e. The van der Waals surface area contributed by atoms with Gasteiger partial charge in [-0.25, -0.2) is 4.79 Å². The van der Waals surface area contributed by atoms with Crippen LogP contribution in [-0.4, -0.2) is 106 Å². The average Bonchev–Trinajstić information content (AvgIpc) is 3.65. The minimum Gasteiger partial charge on any atom is -0.495 e. The van der Waals surface area contributed by atoms with E-state index in [1.165, 1.54) is 19.1 Å². The molecule has 4 bridgehead atoms. The number of rotatable bonds is 5. The highest BCUT2D eigenvalue weighted by atomic mass is 35.5. The lowest BCUT2D eigenvalue weighted by Crippen LogP contribution is -2.63. The van der Waals surface area contributed by atoms with E-state index in [-0.39, 0.29) is 30.3 Å². The van der Waals surface area contributed by atoms with Gasteiger partial charge in [0.25, 0.3) is 0 Å². The number of anilines is 1. The Morgan fingerprint density at radius 3 is 2.62 bits per heavy atom. The van der Waals surface area contributed by atoms with E-state index < -0.39 is 53.7 Å². The number of aliphatic hydroxyl groups is 1. The lowest BCUT2D eigenvalue weighted by atomic mass is 9.83. The Labute approximate surface area is 269 Å². The monoisotopic (exact) mass is 649 g/mol. The molecule has 248 valence electrons. The van der Waals surface area contributed by atoms with E-state index in [9.17, 15) is 19.5 Å². The van der Waals surface area contributed by atoms with E-state index in [0.29, 0.717) is 17.9 Å². The number of methoxy groups -OCH3 is 2. The van der Waals surface area contributed by atoms with Crippen molar-refractivity contribution in [3.63, 3.8) is 0 Å². The third-order valence-electron chi connectivity index (χ3n) is 8.67. The van der Waals surface area contributed by atoms with Crippen molar-refractivity contribution in [2.75, 3.05) is 46.8 Å². The quantitative estimate of drug-likeness (QED) is 0.361. The van der Waals surface area contributed by atoms with Crippen LogP contribution in [0.3, 0.4) is 0 Å². The second kappa shape index (κ2) is 13.7.